The molecule has 0 radical (unpaired) electrons. The highest BCUT2D eigenvalue weighted by atomic mass is 32.2. The molecule has 0 spiro atoms. The standard InChI is InChI=1S/C11H14F3N3O4S/c1-6(17-22(19,20)11(12,13)14)7(2)21-10-8(9(15)18)4-3-5-16-10/h3-7,17H,1-2H3,(H2,15,18)/t6-,7?/m0/s1. The maximum atomic E-state index is 12.3. The lowest BCUT2D eigenvalue weighted by atomic mass is 10.2. The van der Waals surface area contributed by atoms with Gasteiger partial charge in [-0.2, -0.15) is 13.2 Å². The molecule has 3 N–H and O–H groups in total. The number of rotatable bonds is 6. The van der Waals surface area contributed by atoms with Crippen LogP contribution in [0.15, 0.2) is 18.3 Å². The number of sulfonamides is 1. The SMILES string of the molecule is CC(Oc1ncccc1C(N)=O)[C@H](C)NS(=O)(=O)C(F)(F)F. The van der Waals surface area contributed by atoms with Gasteiger partial charge in [0.05, 0.1) is 6.04 Å². The topological polar surface area (TPSA) is 111 Å². The zero-order chi connectivity index (χ0) is 17.1. The first-order valence-corrected chi connectivity index (χ1v) is 7.44. The van der Waals surface area contributed by atoms with Crippen molar-refractivity contribution >= 4 is 15.9 Å². The normalized spacial score (nSPS) is 15.1. The summed E-state index contributed by atoms with van der Waals surface area (Å²) in [4.78, 5) is 14.9. The van der Waals surface area contributed by atoms with E-state index in [2.05, 4.69) is 4.98 Å². The van der Waals surface area contributed by atoms with Crippen molar-refractivity contribution in [2.24, 2.45) is 5.73 Å². The predicted molar refractivity (Wildman–Crippen MR) is 70.4 cm³/mol. The van der Waals surface area contributed by atoms with E-state index in [1.54, 1.807) is 0 Å². The number of nitrogens with two attached hydrogens (primary N) is 1. The van der Waals surface area contributed by atoms with Gasteiger partial charge in [-0.25, -0.2) is 18.1 Å². The highest BCUT2D eigenvalue weighted by Crippen LogP contribution is 2.23. The number of nitrogens with zero attached hydrogens (tertiary/aromatic N) is 1. The molecule has 11 heteroatoms. The first-order chi connectivity index (χ1) is 9.95. The van der Waals surface area contributed by atoms with Crippen LogP contribution in [0.25, 0.3) is 0 Å². The van der Waals surface area contributed by atoms with E-state index in [9.17, 15) is 26.4 Å². The lowest BCUT2D eigenvalue weighted by molar-refractivity contribution is -0.0453. The molecule has 0 fully saturated rings. The third kappa shape index (κ3) is 4.31. The van der Waals surface area contributed by atoms with Crippen molar-refractivity contribution < 1.29 is 31.1 Å². The van der Waals surface area contributed by atoms with E-state index < -0.39 is 33.6 Å². The number of hydrogen-bond donors (Lipinski definition) is 2. The lowest BCUT2D eigenvalue weighted by Crippen LogP contribution is -2.47. The van der Waals surface area contributed by atoms with Crippen molar-refractivity contribution in [3.8, 4) is 5.88 Å². The summed E-state index contributed by atoms with van der Waals surface area (Å²) in [5, 5.41) is 0. The molecule has 0 saturated carbocycles. The second-order valence-corrected chi connectivity index (χ2v) is 6.10. The number of aromatic nitrogens is 1. The van der Waals surface area contributed by atoms with E-state index in [4.69, 9.17) is 10.5 Å². The van der Waals surface area contributed by atoms with Gasteiger partial charge in [0.2, 0.25) is 5.88 Å². The highest BCUT2D eigenvalue weighted by Gasteiger charge is 2.47. The molecule has 2 atom stereocenters. The fourth-order valence-corrected chi connectivity index (χ4v) is 2.17. The summed E-state index contributed by atoms with van der Waals surface area (Å²) < 4.78 is 65.6. The second kappa shape index (κ2) is 6.48. The van der Waals surface area contributed by atoms with Crippen LogP contribution in [0, 0.1) is 0 Å². The van der Waals surface area contributed by atoms with E-state index in [-0.39, 0.29) is 11.4 Å². The molecule has 0 aromatic carbocycles. The molecular formula is C11H14F3N3O4S. The van der Waals surface area contributed by atoms with Crippen LogP contribution in [0.4, 0.5) is 13.2 Å². The van der Waals surface area contributed by atoms with Gasteiger partial charge in [-0.1, -0.05) is 0 Å². The van der Waals surface area contributed by atoms with Gasteiger partial charge in [-0.3, -0.25) is 4.79 Å². The molecule has 0 saturated heterocycles. The summed E-state index contributed by atoms with van der Waals surface area (Å²) in [6.07, 6.45) is 0.254. The average molecular weight is 341 g/mol. The van der Waals surface area contributed by atoms with Crippen molar-refractivity contribution in [1.82, 2.24) is 9.71 Å². The third-order valence-corrected chi connectivity index (χ3v) is 3.98. The molecule has 0 bridgehead atoms. The minimum Gasteiger partial charge on any atom is -0.472 e. The fraction of sp³-hybridized carbons (Fsp3) is 0.455. The molecule has 1 rings (SSSR count). The van der Waals surface area contributed by atoms with Crippen molar-refractivity contribution in [3.05, 3.63) is 23.9 Å². The number of carbonyl (C=O) groups excluding carboxylic acids is 1. The number of pyridine rings is 1. The van der Waals surface area contributed by atoms with Crippen molar-refractivity contribution in [2.75, 3.05) is 0 Å². The van der Waals surface area contributed by atoms with E-state index in [0.717, 1.165) is 0 Å². The highest BCUT2D eigenvalue weighted by molar-refractivity contribution is 7.90. The molecule has 22 heavy (non-hydrogen) atoms. The Morgan fingerprint density at radius 1 is 1.41 bits per heavy atom. The van der Waals surface area contributed by atoms with Crippen molar-refractivity contribution in [2.45, 2.75) is 31.5 Å². The Balaban J connectivity index is 2.86. The summed E-state index contributed by atoms with van der Waals surface area (Å²) in [5.41, 5.74) is -0.389. The maximum Gasteiger partial charge on any atom is 0.511 e. The Morgan fingerprint density at radius 3 is 2.50 bits per heavy atom. The molecular weight excluding hydrogens is 327 g/mol. The predicted octanol–water partition coefficient (Wildman–Crippen LogP) is 0.776. The second-order valence-electron chi connectivity index (χ2n) is 4.40. The Bertz CT molecular complexity index is 648. The smallest absolute Gasteiger partial charge is 0.472 e. The molecule has 1 aromatic rings. The Morgan fingerprint density at radius 2 is 2.00 bits per heavy atom. The zero-order valence-corrected chi connectivity index (χ0v) is 12.4. The van der Waals surface area contributed by atoms with E-state index in [0.29, 0.717) is 0 Å². The van der Waals surface area contributed by atoms with Crippen LogP contribution in [0.2, 0.25) is 0 Å². The Hall–Kier alpha value is -1.88. The fourth-order valence-electron chi connectivity index (χ4n) is 1.36. The van der Waals surface area contributed by atoms with Gasteiger partial charge in [-0.05, 0) is 26.0 Å². The maximum absolute atomic E-state index is 12.3. The number of alkyl halides is 3. The van der Waals surface area contributed by atoms with Gasteiger partial charge in [0.1, 0.15) is 11.7 Å². The van der Waals surface area contributed by atoms with Gasteiger partial charge in [0.25, 0.3) is 5.91 Å². The summed E-state index contributed by atoms with van der Waals surface area (Å²) in [6, 6.07) is 1.52. The number of primary amides is 1. The zero-order valence-electron chi connectivity index (χ0n) is 11.6. The van der Waals surface area contributed by atoms with Crippen LogP contribution in [0.1, 0.15) is 24.2 Å². The van der Waals surface area contributed by atoms with Crippen LogP contribution in [0.3, 0.4) is 0 Å². The van der Waals surface area contributed by atoms with Crippen LogP contribution >= 0.6 is 0 Å². The van der Waals surface area contributed by atoms with Crippen LogP contribution in [-0.2, 0) is 10.0 Å². The quantitative estimate of drug-likeness (QED) is 0.794. The Labute approximate surface area is 124 Å². The average Bonchev–Trinajstić information content (AvgIpc) is 2.37. The number of ether oxygens (including phenoxy) is 1. The number of halogens is 3. The van der Waals surface area contributed by atoms with Crippen molar-refractivity contribution in [3.63, 3.8) is 0 Å². The van der Waals surface area contributed by atoms with E-state index in [1.165, 1.54) is 36.9 Å². The molecule has 0 aliphatic heterocycles. The number of carbonyl (C=O) groups is 1. The number of hydrogen-bond acceptors (Lipinski definition) is 5. The summed E-state index contributed by atoms with van der Waals surface area (Å²) >= 11 is 0. The first kappa shape index (κ1) is 18.2. The molecule has 1 heterocycles. The van der Waals surface area contributed by atoms with Gasteiger partial charge < -0.3 is 10.5 Å². The molecule has 1 aromatic heterocycles. The van der Waals surface area contributed by atoms with Gasteiger partial charge in [-0.15, -0.1) is 0 Å². The largest absolute Gasteiger partial charge is 0.511 e. The van der Waals surface area contributed by atoms with Gasteiger partial charge >= 0.3 is 15.5 Å². The molecule has 1 unspecified atom stereocenters. The minimum atomic E-state index is -5.50. The minimum absolute atomic E-state index is 0.0692. The molecule has 0 aliphatic carbocycles. The Kier molecular flexibility index (Phi) is 5.35. The monoisotopic (exact) mass is 341 g/mol. The molecule has 124 valence electrons. The van der Waals surface area contributed by atoms with Crippen LogP contribution in [-0.4, -0.2) is 37.0 Å². The third-order valence-electron chi connectivity index (χ3n) is 2.68. The number of nitrogens with one attached hydrogen (secondary N) is 1. The van der Waals surface area contributed by atoms with Crippen LogP contribution in [0.5, 0.6) is 5.88 Å². The summed E-state index contributed by atoms with van der Waals surface area (Å²) in [6.45, 7) is 2.50. The molecule has 0 aliphatic rings. The van der Waals surface area contributed by atoms with E-state index in [1.807, 2.05) is 0 Å². The van der Waals surface area contributed by atoms with Crippen LogP contribution < -0.4 is 15.2 Å². The first-order valence-electron chi connectivity index (χ1n) is 5.96. The molecule has 7 nitrogen and oxygen atoms in total. The van der Waals surface area contributed by atoms with Crippen molar-refractivity contribution in [1.29, 1.82) is 0 Å². The van der Waals surface area contributed by atoms with E-state index >= 15 is 0 Å². The molecule has 1 amide bonds. The van der Waals surface area contributed by atoms with Gasteiger partial charge in [0, 0.05) is 6.20 Å². The number of amides is 1. The lowest BCUT2D eigenvalue weighted by Gasteiger charge is -2.23. The van der Waals surface area contributed by atoms with Gasteiger partial charge in [0.15, 0.2) is 0 Å². The summed E-state index contributed by atoms with van der Waals surface area (Å²) in [7, 11) is -5.50. The summed E-state index contributed by atoms with van der Waals surface area (Å²) in [5.74, 6) is -1.03.